The number of aliphatic hydroxyl groups is 1. The van der Waals surface area contributed by atoms with Gasteiger partial charge in [-0.1, -0.05) is 0 Å². The Hall–Kier alpha value is -2.56. The number of nitrogens with one attached hydrogen (secondary N) is 1. The minimum Gasteiger partial charge on any atom is -0.445 e. The number of nitrogens with zero attached hydrogens (tertiary/aromatic N) is 2. The highest BCUT2D eigenvalue weighted by Crippen LogP contribution is 2.32. The summed E-state index contributed by atoms with van der Waals surface area (Å²) in [6.45, 7) is 1.44. The van der Waals surface area contributed by atoms with Crippen LogP contribution in [0.3, 0.4) is 0 Å². The fourth-order valence-electron chi connectivity index (χ4n) is 2.61. The highest BCUT2D eigenvalue weighted by atomic mass is 32.2. The van der Waals surface area contributed by atoms with Crippen LogP contribution in [-0.4, -0.2) is 29.5 Å². The van der Waals surface area contributed by atoms with Crippen molar-refractivity contribution < 1.29 is 26.7 Å². The summed E-state index contributed by atoms with van der Waals surface area (Å²) in [6, 6.07) is 5.06. The van der Waals surface area contributed by atoms with Gasteiger partial charge in [-0.15, -0.1) is 0 Å². The molecule has 0 aliphatic carbocycles. The van der Waals surface area contributed by atoms with Gasteiger partial charge in [-0.05, 0) is 38.2 Å². The van der Waals surface area contributed by atoms with Gasteiger partial charge in [0.05, 0.1) is 5.56 Å². The molecule has 3 aromatic heterocycles. The topological polar surface area (TPSA) is 97.4 Å². The van der Waals surface area contributed by atoms with Crippen LogP contribution in [-0.2, 0) is 16.6 Å². The van der Waals surface area contributed by atoms with Gasteiger partial charge in [-0.25, -0.2) is 13.3 Å². The lowest BCUT2D eigenvalue weighted by molar-refractivity contribution is 0.162. The van der Waals surface area contributed by atoms with Crippen LogP contribution in [0.2, 0.25) is 0 Å². The largest absolute Gasteiger partial charge is 0.445 e. The van der Waals surface area contributed by atoms with Crippen molar-refractivity contribution in [1.29, 1.82) is 0 Å². The van der Waals surface area contributed by atoms with Crippen molar-refractivity contribution >= 4 is 10.0 Å². The standard InChI is InChI=1S/C17H17F2N3O4S/c1-10(23)13-5-6-14(26-13)27(24,25)22-9-11(8-20-2)15(18)16(22)12-4-3-7-21-17(12)19/h3-7,9-10,20,23H,8H2,1-2H3. The second-order valence-corrected chi connectivity index (χ2v) is 7.57. The average Bonchev–Trinajstić information content (AvgIpc) is 3.23. The first kappa shape index (κ1) is 19.2. The molecule has 0 spiro atoms. The van der Waals surface area contributed by atoms with Gasteiger partial charge in [-0.3, -0.25) is 0 Å². The van der Waals surface area contributed by atoms with Crippen LogP contribution < -0.4 is 5.32 Å². The molecule has 3 heterocycles. The fraction of sp³-hybridized carbons (Fsp3) is 0.235. The molecule has 2 N–H and O–H groups in total. The number of pyridine rings is 1. The highest BCUT2D eigenvalue weighted by Gasteiger charge is 2.30. The molecule has 0 bridgehead atoms. The minimum absolute atomic E-state index is 0.0281. The zero-order chi connectivity index (χ0) is 19.8. The zero-order valence-corrected chi connectivity index (χ0v) is 15.3. The number of aliphatic hydroxyl groups excluding tert-OH is 1. The summed E-state index contributed by atoms with van der Waals surface area (Å²) >= 11 is 0. The van der Waals surface area contributed by atoms with Crippen molar-refractivity contribution in [2.24, 2.45) is 0 Å². The van der Waals surface area contributed by atoms with Crippen molar-refractivity contribution in [3.8, 4) is 11.3 Å². The second kappa shape index (κ2) is 7.22. The molecule has 0 fully saturated rings. The first-order valence-electron chi connectivity index (χ1n) is 7.96. The molecule has 0 aliphatic heterocycles. The van der Waals surface area contributed by atoms with Gasteiger partial charge in [0.1, 0.15) is 17.6 Å². The maximum Gasteiger partial charge on any atom is 0.301 e. The molecule has 3 aromatic rings. The van der Waals surface area contributed by atoms with E-state index in [1.54, 1.807) is 7.05 Å². The van der Waals surface area contributed by atoms with Gasteiger partial charge in [0.25, 0.3) is 0 Å². The highest BCUT2D eigenvalue weighted by molar-refractivity contribution is 7.89. The molecule has 0 aromatic carbocycles. The quantitative estimate of drug-likeness (QED) is 0.620. The van der Waals surface area contributed by atoms with E-state index < -0.39 is 38.7 Å². The van der Waals surface area contributed by atoms with E-state index >= 15 is 0 Å². The third-order valence-electron chi connectivity index (χ3n) is 3.89. The van der Waals surface area contributed by atoms with Crippen LogP contribution in [0.5, 0.6) is 0 Å². The number of halogens is 2. The van der Waals surface area contributed by atoms with E-state index in [0.29, 0.717) is 3.97 Å². The van der Waals surface area contributed by atoms with Crippen molar-refractivity contribution in [1.82, 2.24) is 14.3 Å². The van der Waals surface area contributed by atoms with E-state index in [1.165, 1.54) is 31.3 Å². The Morgan fingerprint density at radius 1 is 1.33 bits per heavy atom. The van der Waals surface area contributed by atoms with Crippen LogP contribution >= 0.6 is 0 Å². The van der Waals surface area contributed by atoms with Gasteiger partial charge in [0, 0.05) is 24.5 Å². The lowest BCUT2D eigenvalue weighted by Crippen LogP contribution is -2.13. The van der Waals surface area contributed by atoms with E-state index in [4.69, 9.17) is 4.42 Å². The number of hydrogen-bond donors (Lipinski definition) is 2. The summed E-state index contributed by atoms with van der Waals surface area (Å²) in [7, 11) is -2.82. The molecule has 0 saturated carbocycles. The lowest BCUT2D eigenvalue weighted by atomic mass is 10.2. The summed E-state index contributed by atoms with van der Waals surface area (Å²) in [5.74, 6) is -1.86. The Bertz CT molecular complexity index is 1070. The van der Waals surface area contributed by atoms with Crippen LogP contribution in [0.4, 0.5) is 8.78 Å². The Morgan fingerprint density at radius 2 is 2.07 bits per heavy atom. The average molecular weight is 397 g/mol. The van der Waals surface area contributed by atoms with Crippen LogP contribution in [0, 0.1) is 11.8 Å². The predicted octanol–water partition coefficient (Wildman–Crippen LogP) is 2.43. The predicted molar refractivity (Wildman–Crippen MR) is 92.3 cm³/mol. The van der Waals surface area contributed by atoms with Crippen molar-refractivity contribution in [3.63, 3.8) is 0 Å². The van der Waals surface area contributed by atoms with Gasteiger partial charge < -0.3 is 14.8 Å². The van der Waals surface area contributed by atoms with Crippen molar-refractivity contribution in [2.45, 2.75) is 24.7 Å². The molecule has 7 nitrogen and oxygen atoms in total. The SMILES string of the molecule is CNCc1cn(S(=O)(=O)c2ccc(C(C)O)o2)c(-c2cccnc2F)c1F. The third kappa shape index (κ3) is 3.38. The van der Waals surface area contributed by atoms with E-state index in [2.05, 4.69) is 10.3 Å². The minimum atomic E-state index is -4.39. The zero-order valence-electron chi connectivity index (χ0n) is 14.5. The van der Waals surface area contributed by atoms with Gasteiger partial charge in [-0.2, -0.15) is 12.8 Å². The summed E-state index contributed by atoms with van der Waals surface area (Å²) in [5, 5.41) is 11.8. The molecule has 1 unspecified atom stereocenters. The summed E-state index contributed by atoms with van der Waals surface area (Å²) in [6.07, 6.45) is 1.22. The van der Waals surface area contributed by atoms with E-state index in [0.717, 1.165) is 12.3 Å². The second-order valence-electron chi connectivity index (χ2n) is 5.82. The first-order valence-corrected chi connectivity index (χ1v) is 9.40. The molecule has 0 amide bonds. The summed E-state index contributed by atoms with van der Waals surface area (Å²) < 4.78 is 60.9. The van der Waals surface area contributed by atoms with Gasteiger partial charge >= 0.3 is 10.0 Å². The van der Waals surface area contributed by atoms with Crippen LogP contribution in [0.1, 0.15) is 24.4 Å². The maximum atomic E-state index is 14.9. The Morgan fingerprint density at radius 3 is 2.67 bits per heavy atom. The Balaban J connectivity index is 2.25. The molecular weight excluding hydrogens is 380 g/mol. The normalized spacial score (nSPS) is 13.1. The Labute approximate surface area is 154 Å². The molecule has 1 atom stereocenters. The van der Waals surface area contributed by atoms with Gasteiger partial charge in [0.15, 0.2) is 5.82 Å². The number of aromatic nitrogens is 2. The number of hydrogen-bond acceptors (Lipinski definition) is 6. The van der Waals surface area contributed by atoms with E-state index in [9.17, 15) is 22.3 Å². The third-order valence-corrected chi connectivity index (χ3v) is 5.43. The lowest BCUT2D eigenvalue weighted by Gasteiger charge is -2.09. The Kier molecular flexibility index (Phi) is 5.13. The monoisotopic (exact) mass is 397 g/mol. The smallest absolute Gasteiger partial charge is 0.301 e. The van der Waals surface area contributed by atoms with Crippen LogP contribution in [0.25, 0.3) is 11.3 Å². The summed E-state index contributed by atoms with van der Waals surface area (Å²) in [5.41, 5.74) is -0.759. The molecule has 0 radical (unpaired) electrons. The molecule has 0 saturated heterocycles. The molecular formula is C17H17F2N3O4S. The molecule has 27 heavy (non-hydrogen) atoms. The molecule has 3 rings (SSSR count). The van der Waals surface area contributed by atoms with E-state index in [-0.39, 0.29) is 23.4 Å². The van der Waals surface area contributed by atoms with Crippen molar-refractivity contribution in [3.05, 3.63) is 59.7 Å². The number of rotatable bonds is 6. The fourth-order valence-corrected chi connectivity index (χ4v) is 3.93. The summed E-state index contributed by atoms with van der Waals surface area (Å²) in [4.78, 5) is 3.46. The van der Waals surface area contributed by atoms with Crippen molar-refractivity contribution in [2.75, 3.05) is 7.05 Å². The molecule has 10 heteroatoms. The van der Waals surface area contributed by atoms with E-state index in [1.807, 2.05) is 0 Å². The van der Waals surface area contributed by atoms with Gasteiger partial charge in [0.2, 0.25) is 11.0 Å². The maximum absolute atomic E-state index is 14.9. The number of furan rings is 1. The molecule has 144 valence electrons. The van der Waals surface area contributed by atoms with Crippen LogP contribution in [0.15, 0.2) is 46.2 Å². The molecule has 0 aliphatic rings. The first-order chi connectivity index (χ1) is 12.8.